The summed E-state index contributed by atoms with van der Waals surface area (Å²) in [5, 5.41) is 9.77. The first-order valence-electron chi connectivity index (χ1n) is 7.39. The van der Waals surface area contributed by atoms with E-state index in [0.29, 0.717) is 12.1 Å². The highest BCUT2D eigenvalue weighted by Crippen LogP contribution is 2.19. The Hall–Kier alpha value is -0.160. The summed E-state index contributed by atoms with van der Waals surface area (Å²) in [7, 11) is 0. The van der Waals surface area contributed by atoms with Gasteiger partial charge in [0.15, 0.2) is 0 Å². The zero-order valence-electron chi connectivity index (χ0n) is 11.5. The highest BCUT2D eigenvalue weighted by atomic mass is 16.5. The first kappa shape index (κ1) is 14.3. The quantitative estimate of drug-likeness (QED) is 0.731. The van der Waals surface area contributed by atoms with E-state index in [1.54, 1.807) is 0 Å². The Labute approximate surface area is 110 Å². The minimum Gasteiger partial charge on any atom is -0.392 e. The van der Waals surface area contributed by atoms with Crippen molar-refractivity contribution in [3.63, 3.8) is 0 Å². The Morgan fingerprint density at radius 2 is 2.22 bits per heavy atom. The molecule has 0 spiro atoms. The SMILES string of the molecule is CC(O)C1CCCCN1CCOCC1CCCO1. The molecule has 4 heteroatoms. The molecule has 0 aromatic carbocycles. The molecule has 0 radical (unpaired) electrons. The third-order valence-electron chi connectivity index (χ3n) is 4.07. The van der Waals surface area contributed by atoms with Gasteiger partial charge in [0, 0.05) is 19.2 Å². The van der Waals surface area contributed by atoms with Crippen molar-refractivity contribution in [3.8, 4) is 0 Å². The van der Waals surface area contributed by atoms with Crippen LogP contribution >= 0.6 is 0 Å². The number of piperidine rings is 1. The van der Waals surface area contributed by atoms with Gasteiger partial charge in [-0.25, -0.2) is 0 Å². The normalized spacial score (nSPS) is 31.7. The Morgan fingerprint density at radius 3 is 2.94 bits per heavy atom. The van der Waals surface area contributed by atoms with E-state index < -0.39 is 0 Å². The molecule has 0 bridgehead atoms. The van der Waals surface area contributed by atoms with E-state index in [1.807, 2.05) is 6.92 Å². The van der Waals surface area contributed by atoms with Crippen molar-refractivity contribution >= 4 is 0 Å². The number of hydrogen-bond donors (Lipinski definition) is 1. The second-order valence-corrected chi connectivity index (χ2v) is 5.55. The van der Waals surface area contributed by atoms with Gasteiger partial charge in [-0.1, -0.05) is 6.42 Å². The number of likely N-dealkylation sites (tertiary alicyclic amines) is 1. The van der Waals surface area contributed by atoms with Gasteiger partial charge in [0.1, 0.15) is 0 Å². The highest BCUT2D eigenvalue weighted by Gasteiger charge is 2.25. The van der Waals surface area contributed by atoms with Crippen LogP contribution in [-0.2, 0) is 9.47 Å². The molecule has 0 aromatic heterocycles. The van der Waals surface area contributed by atoms with E-state index in [4.69, 9.17) is 9.47 Å². The van der Waals surface area contributed by atoms with Gasteiger partial charge in [-0.15, -0.1) is 0 Å². The van der Waals surface area contributed by atoms with Gasteiger partial charge in [0.05, 0.1) is 25.4 Å². The number of aliphatic hydroxyl groups is 1. The van der Waals surface area contributed by atoms with Crippen LogP contribution in [0, 0.1) is 0 Å². The Kier molecular flexibility index (Phi) is 5.89. The monoisotopic (exact) mass is 257 g/mol. The first-order chi connectivity index (χ1) is 8.77. The average Bonchev–Trinajstić information content (AvgIpc) is 2.88. The summed E-state index contributed by atoms with van der Waals surface area (Å²) >= 11 is 0. The second kappa shape index (κ2) is 7.43. The lowest BCUT2D eigenvalue weighted by Gasteiger charge is -2.37. The molecular formula is C14H27NO3. The predicted molar refractivity (Wildman–Crippen MR) is 70.7 cm³/mol. The molecule has 4 nitrogen and oxygen atoms in total. The van der Waals surface area contributed by atoms with Gasteiger partial charge in [-0.05, 0) is 39.2 Å². The van der Waals surface area contributed by atoms with E-state index in [9.17, 15) is 5.11 Å². The van der Waals surface area contributed by atoms with Crippen molar-refractivity contribution in [1.29, 1.82) is 0 Å². The lowest BCUT2D eigenvalue weighted by atomic mass is 9.98. The van der Waals surface area contributed by atoms with Crippen LogP contribution in [0.1, 0.15) is 39.0 Å². The van der Waals surface area contributed by atoms with Crippen LogP contribution in [0.3, 0.4) is 0 Å². The molecule has 2 aliphatic rings. The maximum absolute atomic E-state index is 9.77. The summed E-state index contributed by atoms with van der Waals surface area (Å²) < 4.78 is 11.2. The lowest BCUT2D eigenvalue weighted by molar-refractivity contribution is -0.0110. The zero-order chi connectivity index (χ0) is 12.8. The molecule has 106 valence electrons. The van der Waals surface area contributed by atoms with Crippen molar-refractivity contribution in [2.75, 3.05) is 32.9 Å². The summed E-state index contributed by atoms with van der Waals surface area (Å²) in [6.45, 7) is 6.30. The van der Waals surface area contributed by atoms with Crippen molar-refractivity contribution in [2.24, 2.45) is 0 Å². The van der Waals surface area contributed by atoms with Crippen LogP contribution in [0.15, 0.2) is 0 Å². The van der Waals surface area contributed by atoms with E-state index in [-0.39, 0.29) is 6.10 Å². The standard InChI is InChI=1S/C14H27NO3/c1-12(16)14-6-2-3-7-15(14)8-10-17-11-13-5-4-9-18-13/h12-14,16H,2-11H2,1H3. The largest absolute Gasteiger partial charge is 0.392 e. The average molecular weight is 257 g/mol. The summed E-state index contributed by atoms with van der Waals surface area (Å²) in [5.41, 5.74) is 0. The van der Waals surface area contributed by atoms with Gasteiger partial charge in [-0.3, -0.25) is 4.90 Å². The first-order valence-corrected chi connectivity index (χ1v) is 7.39. The van der Waals surface area contributed by atoms with Gasteiger partial charge in [-0.2, -0.15) is 0 Å². The lowest BCUT2D eigenvalue weighted by Crippen LogP contribution is -2.47. The molecule has 1 N–H and O–H groups in total. The van der Waals surface area contributed by atoms with E-state index in [0.717, 1.165) is 45.8 Å². The third-order valence-corrected chi connectivity index (χ3v) is 4.07. The molecule has 2 heterocycles. The minimum atomic E-state index is -0.233. The minimum absolute atomic E-state index is 0.233. The van der Waals surface area contributed by atoms with Crippen molar-refractivity contribution in [1.82, 2.24) is 4.90 Å². The fourth-order valence-electron chi connectivity index (χ4n) is 3.01. The van der Waals surface area contributed by atoms with E-state index in [1.165, 1.54) is 19.3 Å². The molecule has 2 rings (SSSR count). The van der Waals surface area contributed by atoms with Gasteiger partial charge < -0.3 is 14.6 Å². The van der Waals surface area contributed by atoms with Crippen LogP contribution < -0.4 is 0 Å². The van der Waals surface area contributed by atoms with Crippen LogP contribution in [0.25, 0.3) is 0 Å². The van der Waals surface area contributed by atoms with Crippen LogP contribution in [-0.4, -0.2) is 61.2 Å². The molecule has 0 amide bonds. The number of hydrogen-bond acceptors (Lipinski definition) is 4. The van der Waals surface area contributed by atoms with Crippen molar-refractivity contribution in [2.45, 2.75) is 57.3 Å². The van der Waals surface area contributed by atoms with E-state index >= 15 is 0 Å². The number of aliphatic hydroxyl groups excluding tert-OH is 1. The van der Waals surface area contributed by atoms with Crippen molar-refractivity contribution < 1.29 is 14.6 Å². The maximum Gasteiger partial charge on any atom is 0.0809 e. The van der Waals surface area contributed by atoms with Crippen LogP contribution in [0.2, 0.25) is 0 Å². The van der Waals surface area contributed by atoms with Crippen molar-refractivity contribution in [3.05, 3.63) is 0 Å². The Balaban J connectivity index is 1.61. The molecule has 2 saturated heterocycles. The summed E-state index contributed by atoms with van der Waals surface area (Å²) in [6.07, 6.45) is 5.99. The van der Waals surface area contributed by atoms with E-state index in [2.05, 4.69) is 4.90 Å². The Bertz CT molecular complexity index is 229. The molecule has 3 atom stereocenters. The van der Waals surface area contributed by atoms with Gasteiger partial charge in [0.25, 0.3) is 0 Å². The topological polar surface area (TPSA) is 41.9 Å². The zero-order valence-corrected chi connectivity index (χ0v) is 11.5. The van der Waals surface area contributed by atoms with Crippen LogP contribution in [0.4, 0.5) is 0 Å². The number of nitrogens with zero attached hydrogens (tertiary/aromatic N) is 1. The Morgan fingerprint density at radius 1 is 1.33 bits per heavy atom. The maximum atomic E-state index is 9.77. The molecule has 0 aliphatic carbocycles. The highest BCUT2D eigenvalue weighted by molar-refractivity contribution is 4.80. The summed E-state index contributed by atoms with van der Waals surface area (Å²) in [6, 6.07) is 0.324. The molecule has 3 unspecified atom stereocenters. The molecule has 2 fully saturated rings. The number of ether oxygens (including phenoxy) is 2. The summed E-state index contributed by atoms with van der Waals surface area (Å²) in [5.74, 6) is 0. The smallest absolute Gasteiger partial charge is 0.0809 e. The molecule has 0 saturated carbocycles. The molecule has 2 aliphatic heterocycles. The fraction of sp³-hybridized carbons (Fsp3) is 1.00. The molecule has 18 heavy (non-hydrogen) atoms. The predicted octanol–water partition coefficient (Wildman–Crippen LogP) is 1.42. The molecular weight excluding hydrogens is 230 g/mol. The summed E-state index contributed by atoms with van der Waals surface area (Å²) in [4.78, 5) is 2.38. The third kappa shape index (κ3) is 4.19. The van der Waals surface area contributed by atoms with Gasteiger partial charge >= 0.3 is 0 Å². The second-order valence-electron chi connectivity index (χ2n) is 5.55. The number of rotatable bonds is 6. The molecule has 0 aromatic rings. The fourth-order valence-corrected chi connectivity index (χ4v) is 3.01. The van der Waals surface area contributed by atoms with Gasteiger partial charge in [0.2, 0.25) is 0 Å². The van der Waals surface area contributed by atoms with Crippen LogP contribution in [0.5, 0.6) is 0 Å².